The van der Waals surface area contributed by atoms with Crippen LogP contribution in [0.15, 0.2) is 158 Å². The molecule has 0 atom stereocenters. The van der Waals surface area contributed by atoms with Crippen molar-refractivity contribution >= 4 is 43.4 Å². The third kappa shape index (κ3) is 4.27. The Morgan fingerprint density at radius 2 is 0.867 bits per heavy atom. The molecule has 0 saturated carbocycles. The van der Waals surface area contributed by atoms with Crippen LogP contribution in [0.25, 0.3) is 83.2 Å². The predicted molar refractivity (Wildman–Crippen MR) is 185 cm³/mol. The summed E-state index contributed by atoms with van der Waals surface area (Å²) in [5.41, 5.74) is 6.31. The molecule has 0 aliphatic rings. The van der Waals surface area contributed by atoms with E-state index in [0.29, 0.717) is 17.5 Å². The van der Waals surface area contributed by atoms with Crippen molar-refractivity contribution in [2.24, 2.45) is 0 Å². The summed E-state index contributed by atoms with van der Waals surface area (Å²) in [6, 6.07) is 55.1. The molecule has 45 heavy (non-hydrogen) atoms. The molecule has 0 N–H and O–H groups in total. The normalized spacial score (nSPS) is 11.6. The van der Waals surface area contributed by atoms with E-state index in [-0.39, 0.29) is 0 Å². The molecule has 9 aromatic rings. The predicted octanol–water partition coefficient (Wildman–Crippen LogP) is 10.3. The smallest absolute Gasteiger partial charge is 0.164 e. The molecule has 0 spiro atoms. The lowest BCUT2D eigenvalue weighted by Gasteiger charge is -2.11. The van der Waals surface area contributed by atoms with Crippen molar-refractivity contribution in [3.05, 3.63) is 158 Å². The first kappa shape index (κ1) is 25.4. The molecular formula is C41H26N4. The van der Waals surface area contributed by atoms with Gasteiger partial charge in [0.25, 0.3) is 0 Å². The Morgan fingerprint density at radius 1 is 0.356 bits per heavy atom. The monoisotopic (exact) mass is 574 g/mol. The number of hydrogen-bond donors (Lipinski definition) is 0. The van der Waals surface area contributed by atoms with Gasteiger partial charge in [0.15, 0.2) is 17.5 Å². The maximum absolute atomic E-state index is 4.93. The summed E-state index contributed by atoms with van der Waals surface area (Å²) in [6.07, 6.45) is 0. The molecule has 0 fully saturated rings. The highest BCUT2D eigenvalue weighted by Crippen LogP contribution is 2.39. The van der Waals surface area contributed by atoms with Gasteiger partial charge in [-0.15, -0.1) is 0 Å². The maximum atomic E-state index is 4.93. The molecule has 0 aliphatic carbocycles. The first-order valence-electron chi connectivity index (χ1n) is 15.1. The van der Waals surface area contributed by atoms with Gasteiger partial charge in [-0.25, -0.2) is 15.0 Å². The SMILES string of the molecule is c1ccc(-c2nc(-c3ccccc3)nc(-c3ccc(-n4c5cc6ccccc6cc5c5c6ccccc6ccc54)cc3)n2)cc1. The minimum atomic E-state index is 0.647. The van der Waals surface area contributed by atoms with Gasteiger partial charge in [-0.3, -0.25) is 0 Å². The molecule has 0 saturated heterocycles. The quantitative estimate of drug-likeness (QED) is 0.210. The number of fused-ring (bicyclic) bond motifs is 6. The lowest BCUT2D eigenvalue weighted by atomic mass is 10.0. The molecule has 0 radical (unpaired) electrons. The molecule has 9 rings (SSSR count). The van der Waals surface area contributed by atoms with Crippen molar-refractivity contribution in [1.29, 1.82) is 0 Å². The second-order valence-corrected chi connectivity index (χ2v) is 11.3. The molecule has 7 aromatic carbocycles. The Bertz CT molecular complexity index is 2460. The molecule has 4 nitrogen and oxygen atoms in total. The van der Waals surface area contributed by atoms with Crippen LogP contribution >= 0.6 is 0 Å². The maximum Gasteiger partial charge on any atom is 0.164 e. The highest BCUT2D eigenvalue weighted by atomic mass is 15.0. The van der Waals surface area contributed by atoms with E-state index < -0.39 is 0 Å². The topological polar surface area (TPSA) is 43.6 Å². The number of nitrogens with zero attached hydrogens (tertiary/aromatic N) is 4. The highest BCUT2D eigenvalue weighted by molar-refractivity contribution is 6.23. The molecule has 4 heteroatoms. The lowest BCUT2D eigenvalue weighted by molar-refractivity contribution is 1.07. The van der Waals surface area contributed by atoms with Crippen LogP contribution in [0, 0.1) is 0 Å². The minimum Gasteiger partial charge on any atom is -0.309 e. The number of benzene rings is 7. The second kappa shape index (κ2) is 10.2. The van der Waals surface area contributed by atoms with Crippen LogP contribution in [0.1, 0.15) is 0 Å². The van der Waals surface area contributed by atoms with Gasteiger partial charge in [-0.1, -0.05) is 115 Å². The minimum absolute atomic E-state index is 0.647. The van der Waals surface area contributed by atoms with Crippen LogP contribution in [0.3, 0.4) is 0 Å². The van der Waals surface area contributed by atoms with E-state index in [4.69, 9.17) is 15.0 Å². The van der Waals surface area contributed by atoms with Gasteiger partial charge in [0, 0.05) is 33.2 Å². The molecule has 2 aromatic heterocycles. The van der Waals surface area contributed by atoms with E-state index in [2.05, 4.69) is 102 Å². The first-order valence-corrected chi connectivity index (χ1v) is 15.1. The first-order chi connectivity index (χ1) is 22.3. The molecule has 210 valence electrons. The highest BCUT2D eigenvalue weighted by Gasteiger charge is 2.17. The average Bonchev–Trinajstić information content (AvgIpc) is 3.44. The largest absolute Gasteiger partial charge is 0.309 e. The van der Waals surface area contributed by atoms with Crippen molar-refractivity contribution < 1.29 is 0 Å². The number of rotatable bonds is 4. The third-order valence-corrected chi connectivity index (χ3v) is 8.61. The van der Waals surface area contributed by atoms with Crippen LogP contribution in [-0.4, -0.2) is 19.5 Å². The van der Waals surface area contributed by atoms with Gasteiger partial charge in [-0.2, -0.15) is 0 Å². The molecule has 0 unspecified atom stereocenters. The van der Waals surface area contributed by atoms with E-state index >= 15 is 0 Å². The van der Waals surface area contributed by atoms with Gasteiger partial charge in [-0.05, 0) is 64.0 Å². The van der Waals surface area contributed by atoms with Crippen LogP contribution in [0.5, 0.6) is 0 Å². The van der Waals surface area contributed by atoms with E-state index in [0.717, 1.165) is 22.4 Å². The number of aromatic nitrogens is 4. The second-order valence-electron chi connectivity index (χ2n) is 11.3. The van der Waals surface area contributed by atoms with E-state index in [1.807, 2.05) is 60.7 Å². The fraction of sp³-hybridized carbons (Fsp3) is 0. The molecule has 0 aliphatic heterocycles. The molecule has 0 bridgehead atoms. The van der Waals surface area contributed by atoms with E-state index in [9.17, 15) is 0 Å². The van der Waals surface area contributed by atoms with E-state index in [1.54, 1.807) is 0 Å². The standard InChI is InChI=1S/C41H26N4/c1-3-12-28(13-4-1)39-42-40(29-14-5-2-6-15-29)44-41(43-39)30-19-22-33(23-20-30)45-36-24-21-27-11-9-10-18-34(27)38(36)35-25-31-16-7-8-17-32(31)26-37(35)45/h1-26H. The Hall–Kier alpha value is -6.13. The number of hydrogen-bond acceptors (Lipinski definition) is 3. The van der Waals surface area contributed by atoms with Crippen LogP contribution in [0.4, 0.5) is 0 Å². The van der Waals surface area contributed by atoms with Gasteiger partial charge >= 0.3 is 0 Å². The van der Waals surface area contributed by atoms with Crippen molar-refractivity contribution in [2.45, 2.75) is 0 Å². The van der Waals surface area contributed by atoms with Crippen molar-refractivity contribution in [3.8, 4) is 39.9 Å². The molecule has 0 amide bonds. The summed E-state index contributed by atoms with van der Waals surface area (Å²) in [5, 5.41) is 7.49. The summed E-state index contributed by atoms with van der Waals surface area (Å²) in [7, 11) is 0. The third-order valence-electron chi connectivity index (χ3n) is 8.61. The van der Waals surface area contributed by atoms with Gasteiger partial charge in [0.2, 0.25) is 0 Å². The van der Waals surface area contributed by atoms with Crippen molar-refractivity contribution in [2.75, 3.05) is 0 Å². The summed E-state index contributed by atoms with van der Waals surface area (Å²) >= 11 is 0. The van der Waals surface area contributed by atoms with Gasteiger partial charge in [0.1, 0.15) is 0 Å². The fourth-order valence-electron chi connectivity index (χ4n) is 6.45. The zero-order valence-electron chi connectivity index (χ0n) is 24.3. The van der Waals surface area contributed by atoms with Gasteiger partial charge < -0.3 is 4.57 Å². The van der Waals surface area contributed by atoms with E-state index in [1.165, 1.54) is 43.4 Å². The summed E-state index contributed by atoms with van der Waals surface area (Å²) in [4.78, 5) is 14.7. The summed E-state index contributed by atoms with van der Waals surface area (Å²) in [6.45, 7) is 0. The Kier molecular flexibility index (Phi) is 5.78. The Morgan fingerprint density at radius 3 is 1.49 bits per heavy atom. The fourth-order valence-corrected chi connectivity index (χ4v) is 6.45. The Balaban J connectivity index is 1.24. The molecule has 2 heterocycles. The van der Waals surface area contributed by atoms with Crippen molar-refractivity contribution in [1.82, 2.24) is 19.5 Å². The summed E-state index contributed by atoms with van der Waals surface area (Å²) < 4.78 is 2.38. The zero-order chi connectivity index (χ0) is 29.7. The van der Waals surface area contributed by atoms with Gasteiger partial charge in [0.05, 0.1) is 11.0 Å². The molecular weight excluding hydrogens is 548 g/mol. The van der Waals surface area contributed by atoms with Crippen molar-refractivity contribution in [3.63, 3.8) is 0 Å². The van der Waals surface area contributed by atoms with Crippen LogP contribution in [-0.2, 0) is 0 Å². The lowest BCUT2D eigenvalue weighted by Crippen LogP contribution is -2.00. The van der Waals surface area contributed by atoms with Crippen LogP contribution < -0.4 is 0 Å². The average molecular weight is 575 g/mol. The van der Waals surface area contributed by atoms with Crippen LogP contribution in [0.2, 0.25) is 0 Å². The zero-order valence-corrected chi connectivity index (χ0v) is 24.3. The summed E-state index contributed by atoms with van der Waals surface area (Å²) in [5.74, 6) is 1.96. The Labute approximate surface area is 259 Å².